The van der Waals surface area contributed by atoms with Crippen LogP contribution in [-0.4, -0.2) is 28.8 Å². The second-order valence-electron chi connectivity index (χ2n) is 7.14. The molecule has 2 heterocycles. The lowest BCUT2D eigenvalue weighted by atomic mass is 10.0. The molecule has 0 aliphatic heterocycles. The second kappa shape index (κ2) is 6.80. The number of hydrogen-bond donors (Lipinski definition) is 1. The van der Waals surface area contributed by atoms with E-state index < -0.39 is 0 Å². The molecular formula is C23H23N3O. The van der Waals surface area contributed by atoms with E-state index in [9.17, 15) is 5.11 Å². The minimum Gasteiger partial charge on any atom is -0.494 e. The molecule has 0 bridgehead atoms. The van der Waals surface area contributed by atoms with E-state index >= 15 is 0 Å². The molecule has 0 saturated carbocycles. The van der Waals surface area contributed by atoms with Crippen LogP contribution in [-0.2, 0) is 6.54 Å². The third kappa shape index (κ3) is 3.26. The van der Waals surface area contributed by atoms with Crippen molar-refractivity contribution >= 4 is 16.5 Å². The van der Waals surface area contributed by atoms with Gasteiger partial charge in [0.1, 0.15) is 0 Å². The van der Waals surface area contributed by atoms with Crippen LogP contribution >= 0.6 is 0 Å². The van der Waals surface area contributed by atoms with Gasteiger partial charge in [0, 0.05) is 54.7 Å². The van der Waals surface area contributed by atoms with Gasteiger partial charge in [0.05, 0.1) is 6.54 Å². The number of rotatable bonds is 4. The first-order chi connectivity index (χ1) is 13.0. The van der Waals surface area contributed by atoms with Crippen molar-refractivity contribution in [3.05, 3.63) is 78.2 Å². The van der Waals surface area contributed by atoms with Crippen LogP contribution in [0.15, 0.2) is 67.1 Å². The molecule has 4 rings (SSSR count). The molecule has 4 nitrogen and oxygen atoms in total. The Morgan fingerprint density at radius 3 is 2.48 bits per heavy atom. The third-order valence-corrected chi connectivity index (χ3v) is 4.96. The number of hydrogen-bond acceptors (Lipinski definition) is 3. The Morgan fingerprint density at radius 1 is 1.04 bits per heavy atom. The fourth-order valence-electron chi connectivity index (χ4n) is 3.51. The molecule has 0 atom stereocenters. The van der Waals surface area contributed by atoms with Crippen molar-refractivity contribution < 1.29 is 5.11 Å². The van der Waals surface area contributed by atoms with Gasteiger partial charge in [0.15, 0.2) is 5.88 Å². The lowest BCUT2D eigenvalue weighted by molar-refractivity contribution is 0.430. The van der Waals surface area contributed by atoms with Gasteiger partial charge in [-0.15, -0.1) is 0 Å². The van der Waals surface area contributed by atoms with Gasteiger partial charge in [-0.25, -0.2) is 0 Å². The number of nitrogens with zero attached hydrogens (tertiary/aromatic N) is 3. The van der Waals surface area contributed by atoms with Gasteiger partial charge >= 0.3 is 0 Å². The van der Waals surface area contributed by atoms with Crippen molar-refractivity contribution in [2.24, 2.45) is 0 Å². The first-order valence-electron chi connectivity index (χ1n) is 9.02. The van der Waals surface area contributed by atoms with Crippen molar-refractivity contribution in [1.29, 1.82) is 0 Å². The average molecular weight is 357 g/mol. The number of aromatic hydroxyl groups is 1. The predicted molar refractivity (Wildman–Crippen MR) is 111 cm³/mol. The summed E-state index contributed by atoms with van der Waals surface area (Å²) in [6.07, 6.45) is 5.67. The molecule has 0 aliphatic rings. The standard InChI is InChI=1S/C23H23N3O/c1-16-11-19(18-5-4-10-24-13-18)12-20-15-26(23(27)22(16)20)14-17-6-8-21(9-7-17)25(2)3/h4-13,15,27H,14H2,1-3H3. The first-order valence-corrected chi connectivity index (χ1v) is 9.02. The van der Waals surface area contributed by atoms with Crippen LogP contribution in [0.2, 0.25) is 0 Å². The highest BCUT2D eigenvalue weighted by atomic mass is 16.3. The highest BCUT2D eigenvalue weighted by molar-refractivity contribution is 5.94. The zero-order valence-electron chi connectivity index (χ0n) is 15.8. The molecule has 27 heavy (non-hydrogen) atoms. The normalized spacial score (nSPS) is 11.1. The molecule has 0 unspecified atom stereocenters. The minimum atomic E-state index is 0.317. The first kappa shape index (κ1) is 17.2. The smallest absolute Gasteiger partial charge is 0.199 e. The van der Waals surface area contributed by atoms with E-state index in [0.29, 0.717) is 12.4 Å². The Morgan fingerprint density at radius 2 is 1.81 bits per heavy atom. The summed E-state index contributed by atoms with van der Waals surface area (Å²) in [5.41, 5.74) is 5.57. The van der Waals surface area contributed by atoms with Crippen LogP contribution in [0, 0.1) is 6.92 Å². The molecule has 136 valence electrons. The molecule has 0 amide bonds. The monoisotopic (exact) mass is 357 g/mol. The van der Waals surface area contributed by atoms with E-state index in [1.165, 1.54) is 0 Å². The maximum absolute atomic E-state index is 10.8. The van der Waals surface area contributed by atoms with E-state index in [0.717, 1.165) is 38.7 Å². The van der Waals surface area contributed by atoms with Crippen LogP contribution in [0.3, 0.4) is 0 Å². The number of aromatic nitrogens is 2. The summed E-state index contributed by atoms with van der Waals surface area (Å²) >= 11 is 0. The summed E-state index contributed by atoms with van der Waals surface area (Å²) in [5.74, 6) is 0.317. The SMILES string of the molecule is Cc1cc(-c2cccnc2)cc2cn(Cc3ccc(N(C)C)cc3)c(O)c12. The van der Waals surface area contributed by atoms with E-state index in [1.54, 1.807) is 6.20 Å². The third-order valence-electron chi connectivity index (χ3n) is 4.96. The van der Waals surface area contributed by atoms with Crippen molar-refractivity contribution in [2.75, 3.05) is 19.0 Å². The fourth-order valence-corrected chi connectivity index (χ4v) is 3.51. The maximum Gasteiger partial charge on any atom is 0.199 e. The Hall–Kier alpha value is -3.27. The number of fused-ring (bicyclic) bond motifs is 1. The van der Waals surface area contributed by atoms with Crippen LogP contribution in [0.1, 0.15) is 11.1 Å². The quantitative estimate of drug-likeness (QED) is 0.569. The summed E-state index contributed by atoms with van der Waals surface area (Å²) < 4.78 is 1.91. The molecule has 0 radical (unpaired) electrons. The van der Waals surface area contributed by atoms with Crippen LogP contribution < -0.4 is 4.90 Å². The van der Waals surface area contributed by atoms with Crippen LogP contribution in [0.25, 0.3) is 21.9 Å². The Bertz CT molecular complexity index is 1080. The molecule has 1 N–H and O–H groups in total. The molecule has 0 spiro atoms. The lowest BCUT2D eigenvalue weighted by Gasteiger charge is -2.13. The van der Waals surface area contributed by atoms with Crippen molar-refractivity contribution in [2.45, 2.75) is 13.5 Å². The Labute approximate surface area is 159 Å². The summed E-state index contributed by atoms with van der Waals surface area (Å²) in [6.45, 7) is 2.67. The fraction of sp³-hybridized carbons (Fsp3) is 0.174. The van der Waals surface area contributed by atoms with Gasteiger partial charge in [0.25, 0.3) is 0 Å². The Kier molecular flexibility index (Phi) is 4.32. The average Bonchev–Trinajstić information content (AvgIpc) is 2.99. The molecule has 0 saturated heterocycles. The van der Waals surface area contributed by atoms with Crippen molar-refractivity contribution in [3.8, 4) is 17.0 Å². The highest BCUT2D eigenvalue weighted by Gasteiger charge is 2.13. The molecule has 0 fully saturated rings. The van der Waals surface area contributed by atoms with Crippen LogP contribution in [0.5, 0.6) is 5.88 Å². The molecule has 0 aliphatic carbocycles. The number of anilines is 1. The van der Waals surface area contributed by atoms with Gasteiger partial charge in [-0.3, -0.25) is 4.98 Å². The molecular weight excluding hydrogens is 334 g/mol. The lowest BCUT2D eigenvalue weighted by Crippen LogP contribution is -2.08. The number of aryl methyl sites for hydroxylation is 1. The van der Waals surface area contributed by atoms with Gasteiger partial charge in [-0.1, -0.05) is 24.3 Å². The summed E-state index contributed by atoms with van der Waals surface area (Å²) in [6, 6.07) is 16.6. The van der Waals surface area contributed by atoms with Gasteiger partial charge in [0.2, 0.25) is 0 Å². The van der Waals surface area contributed by atoms with Crippen molar-refractivity contribution in [3.63, 3.8) is 0 Å². The number of benzene rings is 2. The largest absolute Gasteiger partial charge is 0.494 e. The molecule has 4 aromatic rings. The number of pyridine rings is 1. The van der Waals surface area contributed by atoms with E-state index in [2.05, 4.69) is 52.3 Å². The predicted octanol–water partition coefficient (Wildman–Crippen LogP) is 4.83. The molecule has 2 aromatic heterocycles. The van der Waals surface area contributed by atoms with E-state index in [1.807, 2.05) is 44.0 Å². The summed E-state index contributed by atoms with van der Waals surface area (Å²) in [5, 5.41) is 12.7. The van der Waals surface area contributed by atoms with E-state index in [4.69, 9.17) is 0 Å². The summed E-state index contributed by atoms with van der Waals surface area (Å²) in [4.78, 5) is 6.29. The molecule has 2 aromatic carbocycles. The zero-order chi connectivity index (χ0) is 19.0. The summed E-state index contributed by atoms with van der Waals surface area (Å²) in [7, 11) is 4.06. The zero-order valence-corrected chi connectivity index (χ0v) is 15.8. The molecule has 4 heteroatoms. The Balaban J connectivity index is 1.72. The highest BCUT2D eigenvalue weighted by Crippen LogP contribution is 2.34. The van der Waals surface area contributed by atoms with Crippen molar-refractivity contribution in [1.82, 2.24) is 9.55 Å². The van der Waals surface area contributed by atoms with Gasteiger partial charge in [-0.05, 0) is 47.9 Å². The van der Waals surface area contributed by atoms with Gasteiger partial charge in [-0.2, -0.15) is 0 Å². The minimum absolute atomic E-state index is 0.317. The van der Waals surface area contributed by atoms with E-state index in [-0.39, 0.29) is 0 Å². The maximum atomic E-state index is 10.8. The van der Waals surface area contributed by atoms with Crippen LogP contribution in [0.4, 0.5) is 5.69 Å². The second-order valence-corrected chi connectivity index (χ2v) is 7.14. The topological polar surface area (TPSA) is 41.3 Å². The van der Waals surface area contributed by atoms with Gasteiger partial charge < -0.3 is 14.6 Å².